The Morgan fingerprint density at radius 1 is 1.39 bits per heavy atom. The van der Waals surface area contributed by atoms with Crippen LogP contribution in [-0.2, 0) is 10.0 Å². The Morgan fingerprint density at radius 3 is 2.44 bits per heavy atom. The summed E-state index contributed by atoms with van der Waals surface area (Å²) < 4.78 is 26.7. The summed E-state index contributed by atoms with van der Waals surface area (Å²) in [5.41, 5.74) is 6.92. The highest BCUT2D eigenvalue weighted by atomic mass is 32.2. The van der Waals surface area contributed by atoms with Crippen molar-refractivity contribution < 1.29 is 13.5 Å². The number of aliphatic hydroxyl groups is 1. The summed E-state index contributed by atoms with van der Waals surface area (Å²) in [6.07, 6.45) is 0. The summed E-state index contributed by atoms with van der Waals surface area (Å²) in [4.78, 5) is 0.160. The van der Waals surface area contributed by atoms with Crippen LogP contribution in [0.3, 0.4) is 0 Å². The number of nitrogens with two attached hydrogens (primary N) is 1. The highest BCUT2D eigenvalue weighted by Gasteiger charge is 2.22. The molecule has 0 saturated heterocycles. The van der Waals surface area contributed by atoms with E-state index in [2.05, 4.69) is 4.72 Å². The molecule has 4 N–H and O–H groups in total. The summed E-state index contributed by atoms with van der Waals surface area (Å²) in [6, 6.07) is 4.05. The second-order valence-corrected chi connectivity index (χ2v) is 6.39. The molecule has 1 aromatic rings. The van der Waals surface area contributed by atoms with E-state index < -0.39 is 16.1 Å². The van der Waals surface area contributed by atoms with Crippen molar-refractivity contribution in [1.82, 2.24) is 4.72 Å². The quantitative estimate of drug-likeness (QED) is 0.694. The van der Waals surface area contributed by atoms with Gasteiger partial charge in [0.05, 0.1) is 11.5 Å². The normalized spacial score (nSPS) is 13.8. The maximum absolute atomic E-state index is 12.1. The number of aryl methyl sites for hydroxylation is 1. The van der Waals surface area contributed by atoms with E-state index in [0.717, 1.165) is 0 Å². The van der Waals surface area contributed by atoms with Gasteiger partial charge in [-0.1, -0.05) is 13.8 Å². The van der Waals surface area contributed by atoms with E-state index in [0.29, 0.717) is 11.3 Å². The molecule has 0 saturated carbocycles. The fraction of sp³-hybridized carbons (Fsp3) is 0.500. The number of hydrogen-bond acceptors (Lipinski definition) is 4. The van der Waals surface area contributed by atoms with Crippen LogP contribution in [0.4, 0.5) is 5.69 Å². The molecule has 0 aromatic heterocycles. The fourth-order valence-corrected chi connectivity index (χ4v) is 2.93. The molecule has 0 aliphatic heterocycles. The number of aliphatic hydroxyl groups excluding tert-OH is 1. The maximum atomic E-state index is 12.1. The van der Waals surface area contributed by atoms with Gasteiger partial charge < -0.3 is 10.8 Å². The molecule has 5 nitrogen and oxygen atoms in total. The zero-order chi connectivity index (χ0) is 13.9. The molecule has 0 spiro atoms. The number of nitrogens with one attached hydrogen (secondary N) is 1. The molecule has 1 rings (SSSR count). The summed E-state index contributed by atoms with van der Waals surface area (Å²) in [7, 11) is -3.62. The predicted molar refractivity (Wildman–Crippen MR) is 71.6 cm³/mol. The lowest BCUT2D eigenvalue weighted by Crippen LogP contribution is -2.41. The van der Waals surface area contributed by atoms with Crippen LogP contribution < -0.4 is 10.5 Å². The van der Waals surface area contributed by atoms with Crippen LogP contribution in [0, 0.1) is 12.8 Å². The van der Waals surface area contributed by atoms with Crippen molar-refractivity contribution in [2.45, 2.75) is 31.7 Å². The molecule has 0 fully saturated rings. The first-order valence-electron chi connectivity index (χ1n) is 5.77. The van der Waals surface area contributed by atoms with E-state index in [1.807, 2.05) is 13.8 Å². The first-order valence-corrected chi connectivity index (χ1v) is 7.25. The van der Waals surface area contributed by atoms with Crippen molar-refractivity contribution >= 4 is 15.7 Å². The molecule has 0 bridgehead atoms. The molecule has 102 valence electrons. The summed E-state index contributed by atoms with van der Waals surface area (Å²) >= 11 is 0. The van der Waals surface area contributed by atoms with Gasteiger partial charge in [-0.3, -0.25) is 0 Å². The number of hydrogen-bond donors (Lipinski definition) is 3. The standard InChI is InChI=1S/C12H20N2O3S/c1-8(2)12(7-15)14-18(16,17)10-4-5-11(13)9(3)6-10/h4-6,8,12,14-15H,7,13H2,1-3H3. The predicted octanol–water partition coefficient (Wildman–Crippen LogP) is 0.872. The largest absolute Gasteiger partial charge is 0.399 e. The highest BCUT2D eigenvalue weighted by Crippen LogP contribution is 2.17. The van der Waals surface area contributed by atoms with E-state index in [1.54, 1.807) is 13.0 Å². The van der Waals surface area contributed by atoms with E-state index in [-0.39, 0.29) is 17.4 Å². The SMILES string of the molecule is Cc1cc(S(=O)(=O)NC(CO)C(C)C)ccc1N. The first kappa shape index (κ1) is 14.9. The molecule has 1 unspecified atom stereocenters. The van der Waals surface area contributed by atoms with Crippen LogP contribution in [0.25, 0.3) is 0 Å². The summed E-state index contributed by atoms with van der Waals surface area (Å²) in [6.45, 7) is 5.21. The smallest absolute Gasteiger partial charge is 0.240 e. The first-order chi connectivity index (χ1) is 8.27. The summed E-state index contributed by atoms with van der Waals surface area (Å²) in [5.74, 6) is 0.0136. The molecule has 0 radical (unpaired) electrons. The van der Waals surface area contributed by atoms with E-state index >= 15 is 0 Å². The number of rotatable bonds is 5. The van der Waals surface area contributed by atoms with Gasteiger partial charge in [-0.2, -0.15) is 0 Å². The van der Waals surface area contributed by atoms with Gasteiger partial charge in [0.2, 0.25) is 10.0 Å². The van der Waals surface area contributed by atoms with E-state index in [9.17, 15) is 8.42 Å². The van der Waals surface area contributed by atoms with E-state index in [4.69, 9.17) is 10.8 Å². The summed E-state index contributed by atoms with van der Waals surface area (Å²) in [5, 5.41) is 9.16. The second-order valence-electron chi connectivity index (χ2n) is 4.67. The van der Waals surface area contributed by atoms with Crippen LogP contribution >= 0.6 is 0 Å². The molecular formula is C12H20N2O3S. The third-order valence-corrected chi connectivity index (χ3v) is 4.35. The molecule has 18 heavy (non-hydrogen) atoms. The van der Waals surface area contributed by atoms with Crippen LogP contribution in [0.15, 0.2) is 23.1 Å². The Hall–Kier alpha value is -1.11. The molecule has 1 aromatic carbocycles. The van der Waals surface area contributed by atoms with Gasteiger partial charge in [-0.05, 0) is 36.6 Å². The van der Waals surface area contributed by atoms with Gasteiger partial charge in [-0.15, -0.1) is 0 Å². The Kier molecular flexibility index (Phi) is 4.72. The molecule has 0 aliphatic carbocycles. The number of anilines is 1. The topological polar surface area (TPSA) is 92.4 Å². The van der Waals surface area contributed by atoms with Crippen molar-refractivity contribution in [2.75, 3.05) is 12.3 Å². The third-order valence-electron chi connectivity index (χ3n) is 2.86. The lowest BCUT2D eigenvalue weighted by molar-refractivity contribution is 0.227. The molecule has 6 heteroatoms. The van der Waals surface area contributed by atoms with Crippen molar-refractivity contribution in [3.8, 4) is 0 Å². The Morgan fingerprint density at radius 2 is 2.00 bits per heavy atom. The Labute approximate surface area is 108 Å². The Bertz CT molecular complexity index is 512. The van der Waals surface area contributed by atoms with Crippen LogP contribution in [0.2, 0.25) is 0 Å². The third kappa shape index (κ3) is 3.44. The maximum Gasteiger partial charge on any atom is 0.240 e. The van der Waals surface area contributed by atoms with Gasteiger partial charge in [0.1, 0.15) is 0 Å². The zero-order valence-electron chi connectivity index (χ0n) is 10.8. The monoisotopic (exact) mass is 272 g/mol. The molecule has 0 amide bonds. The second kappa shape index (κ2) is 5.69. The van der Waals surface area contributed by atoms with Gasteiger partial charge in [0, 0.05) is 11.7 Å². The minimum Gasteiger partial charge on any atom is -0.399 e. The van der Waals surface area contributed by atoms with Gasteiger partial charge in [-0.25, -0.2) is 13.1 Å². The molecule has 1 atom stereocenters. The lowest BCUT2D eigenvalue weighted by atomic mass is 10.1. The van der Waals surface area contributed by atoms with E-state index in [1.165, 1.54) is 12.1 Å². The lowest BCUT2D eigenvalue weighted by Gasteiger charge is -2.20. The minimum absolute atomic E-state index is 0.0136. The minimum atomic E-state index is -3.62. The van der Waals surface area contributed by atoms with Gasteiger partial charge >= 0.3 is 0 Å². The van der Waals surface area contributed by atoms with Crippen LogP contribution in [-0.4, -0.2) is 26.2 Å². The van der Waals surface area contributed by atoms with Crippen molar-refractivity contribution in [2.24, 2.45) is 5.92 Å². The average molecular weight is 272 g/mol. The van der Waals surface area contributed by atoms with Crippen molar-refractivity contribution in [1.29, 1.82) is 0 Å². The number of benzene rings is 1. The van der Waals surface area contributed by atoms with Gasteiger partial charge in [0.25, 0.3) is 0 Å². The van der Waals surface area contributed by atoms with Crippen LogP contribution in [0.5, 0.6) is 0 Å². The van der Waals surface area contributed by atoms with Crippen molar-refractivity contribution in [3.63, 3.8) is 0 Å². The zero-order valence-corrected chi connectivity index (χ0v) is 11.7. The molecule has 0 aliphatic rings. The average Bonchev–Trinajstić information content (AvgIpc) is 2.29. The van der Waals surface area contributed by atoms with Crippen LogP contribution in [0.1, 0.15) is 19.4 Å². The van der Waals surface area contributed by atoms with Gasteiger partial charge in [0.15, 0.2) is 0 Å². The molecule has 0 heterocycles. The number of sulfonamides is 1. The fourth-order valence-electron chi connectivity index (χ4n) is 1.47. The Balaban J connectivity index is 3.02. The van der Waals surface area contributed by atoms with Crippen molar-refractivity contribution in [3.05, 3.63) is 23.8 Å². The number of nitrogen functional groups attached to an aromatic ring is 1. The highest BCUT2D eigenvalue weighted by molar-refractivity contribution is 7.89. The molecular weight excluding hydrogens is 252 g/mol.